The zero-order chi connectivity index (χ0) is 19.5. The molecule has 5 nitrogen and oxygen atoms in total. The quantitative estimate of drug-likeness (QED) is 0.835. The second kappa shape index (κ2) is 8.37. The second-order valence-corrected chi connectivity index (χ2v) is 8.71. The number of nitrogens with zero attached hydrogens (tertiary/aromatic N) is 1. The van der Waals surface area contributed by atoms with E-state index < -0.39 is 0 Å². The molecule has 2 aliphatic rings. The summed E-state index contributed by atoms with van der Waals surface area (Å²) >= 11 is 1.63. The van der Waals surface area contributed by atoms with Crippen LogP contribution in [0.4, 0.5) is 5.69 Å². The maximum absolute atomic E-state index is 12.8. The van der Waals surface area contributed by atoms with Gasteiger partial charge in [0.2, 0.25) is 5.37 Å². The number of quaternary nitrogens is 1. The van der Waals surface area contributed by atoms with Gasteiger partial charge < -0.3 is 15.1 Å². The van der Waals surface area contributed by atoms with Crippen molar-refractivity contribution in [3.8, 4) is 0 Å². The third kappa shape index (κ3) is 4.08. The number of benzene rings is 2. The molecule has 6 heteroatoms. The average Bonchev–Trinajstić information content (AvgIpc) is 2.73. The molecule has 2 N–H and O–H groups in total. The lowest BCUT2D eigenvalue weighted by Crippen LogP contribution is -3.17. The van der Waals surface area contributed by atoms with Crippen molar-refractivity contribution in [1.82, 2.24) is 4.90 Å². The van der Waals surface area contributed by atoms with Gasteiger partial charge in [-0.25, -0.2) is 0 Å². The Hall–Kier alpha value is -2.31. The van der Waals surface area contributed by atoms with E-state index in [4.69, 9.17) is 0 Å². The van der Waals surface area contributed by atoms with Crippen molar-refractivity contribution in [2.45, 2.75) is 36.1 Å². The van der Waals surface area contributed by atoms with E-state index in [1.807, 2.05) is 48.5 Å². The number of likely N-dealkylation sites (tertiary alicyclic amines) is 1. The SMILES string of the molecule is CN(Cc1ccccc1)C(=O)c1ccc2c(c1)NC(=O)C([NH+]1CCCCC1)S2. The predicted octanol–water partition coefficient (Wildman–Crippen LogP) is 2.40. The monoisotopic (exact) mass is 396 g/mol. The fourth-order valence-corrected chi connectivity index (χ4v) is 5.13. The van der Waals surface area contributed by atoms with E-state index in [9.17, 15) is 9.59 Å². The van der Waals surface area contributed by atoms with Crippen molar-refractivity contribution in [3.63, 3.8) is 0 Å². The van der Waals surface area contributed by atoms with E-state index in [0.717, 1.165) is 29.2 Å². The standard InChI is InChI=1S/C22H25N3O2S/c1-24(15-16-8-4-2-5-9-16)21(27)17-10-11-19-18(14-17)23-20(26)22(28-19)25-12-6-3-7-13-25/h2,4-5,8-11,14,22H,3,6-7,12-13,15H2,1H3,(H,23,26)/p+1. The van der Waals surface area contributed by atoms with Gasteiger partial charge in [0, 0.05) is 24.1 Å². The summed E-state index contributed by atoms with van der Waals surface area (Å²) in [4.78, 5) is 29.6. The smallest absolute Gasteiger partial charge is 0.294 e. The van der Waals surface area contributed by atoms with Crippen LogP contribution in [0.25, 0.3) is 0 Å². The summed E-state index contributed by atoms with van der Waals surface area (Å²) < 4.78 is 0. The minimum absolute atomic E-state index is 0.0466. The zero-order valence-corrected chi connectivity index (χ0v) is 16.9. The molecule has 0 bridgehead atoms. The summed E-state index contributed by atoms with van der Waals surface area (Å²) in [6.45, 7) is 2.67. The summed E-state index contributed by atoms with van der Waals surface area (Å²) in [5.74, 6) is 0.00585. The molecule has 1 unspecified atom stereocenters. The third-order valence-corrected chi connectivity index (χ3v) is 6.84. The number of hydrogen-bond donors (Lipinski definition) is 2. The van der Waals surface area contributed by atoms with Crippen LogP contribution >= 0.6 is 11.8 Å². The summed E-state index contributed by atoms with van der Waals surface area (Å²) in [5, 5.41) is 2.95. The molecule has 0 saturated carbocycles. The van der Waals surface area contributed by atoms with E-state index in [1.165, 1.54) is 24.2 Å². The molecule has 0 aromatic heterocycles. The highest BCUT2D eigenvalue weighted by atomic mass is 32.2. The van der Waals surface area contributed by atoms with Gasteiger partial charge in [-0.1, -0.05) is 42.1 Å². The van der Waals surface area contributed by atoms with Crippen LogP contribution in [0.5, 0.6) is 0 Å². The first-order chi connectivity index (χ1) is 13.6. The number of rotatable bonds is 4. The number of carbonyl (C=O) groups is 2. The molecule has 0 spiro atoms. The van der Waals surface area contributed by atoms with Gasteiger partial charge in [0.25, 0.3) is 11.8 Å². The van der Waals surface area contributed by atoms with E-state index in [2.05, 4.69) is 5.32 Å². The molecule has 2 aromatic carbocycles. The van der Waals surface area contributed by atoms with Gasteiger partial charge in [0.15, 0.2) is 0 Å². The Morgan fingerprint density at radius 2 is 1.89 bits per heavy atom. The minimum atomic E-state index is -0.0879. The van der Waals surface area contributed by atoms with Gasteiger partial charge in [-0.3, -0.25) is 9.59 Å². The fourth-order valence-electron chi connectivity index (χ4n) is 3.93. The summed E-state index contributed by atoms with van der Waals surface area (Å²) in [6.07, 6.45) is 3.64. The number of hydrogen-bond acceptors (Lipinski definition) is 3. The molecule has 146 valence electrons. The Bertz CT molecular complexity index is 865. The molecule has 2 aromatic rings. The molecular weight excluding hydrogens is 370 g/mol. The van der Waals surface area contributed by atoms with Crippen molar-refractivity contribution >= 4 is 29.3 Å². The summed E-state index contributed by atoms with van der Waals surface area (Å²) in [7, 11) is 1.80. The summed E-state index contributed by atoms with van der Waals surface area (Å²) in [5.41, 5.74) is 2.44. The second-order valence-electron chi connectivity index (χ2n) is 7.56. The summed E-state index contributed by atoms with van der Waals surface area (Å²) in [6, 6.07) is 15.6. The van der Waals surface area contributed by atoms with Crippen LogP contribution in [0.2, 0.25) is 0 Å². The first-order valence-corrected chi connectivity index (χ1v) is 10.8. The highest BCUT2D eigenvalue weighted by Crippen LogP contribution is 2.34. The number of piperidine rings is 1. The average molecular weight is 397 g/mol. The zero-order valence-electron chi connectivity index (χ0n) is 16.1. The molecule has 1 atom stereocenters. The van der Waals surface area contributed by atoms with E-state index >= 15 is 0 Å². The van der Waals surface area contributed by atoms with Crippen molar-refractivity contribution in [2.75, 3.05) is 25.5 Å². The predicted molar refractivity (Wildman–Crippen MR) is 112 cm³/mol. The van der Waals surface area contributed by atoms with Gasteiger partial charge >= 0.3 is 0 Å². The van der Waals surface area contributed by atoms with Crippen molar-refractivity contribution in [1.29, 1.82) is 0 Å². The van der Waals surface area contributed by atoms with E-state index in [0.29, 0.717) is 12.1 Å². The molecule has 2 aliphatic heterocycles. The molecular formula is C22H26N3O2S+. The Kier molecular flexibility index (Phi) is 5.69. The molecule has 1 fully saturated rings. The van der Waals surface area contributed by atoms with E-state index in [-0.39, 0.29) is 17.2 Å². The van der Waals surface area contributed by atoms with Gasteiger partial charge in [0.05, 0.1) is 18.8 Å². The first-order valence-electron chi connectivity index (χ1n) is 9.87. The number of nitrogens with one attached hydrogen (secondary N) is 2. The van der Waals surface area contributed by atoms with Crippen LogP contribution in [-0.4, -0.2) is 42.2 Å². The normalized spacial score (nSPS) is 19.6. The molecule has 1 saturated heterocycles. The number of amides is 2. The van der Waals surface area contributed by atoms with Crippen LogP contribution in [0.15, 0.2) is 53.4 Å². The molecule has 4 rings (SSSR count). The van der Waals surface area contributed by atoms with Gasteiger partial charge in [-0.2, -0.15) is 0 Å². The van der Waals surface area contributed by atoms with Crippen LogP contribution < -0.4 is 10.2 Å². The van der Waals surface area contributed by atoms with Gasteiger partial charge in [-0.05, 0) is 43.0 Å². The van der Waals surface area contributed by atoms with Crippen LogP contribution in [0, 0.1) is 0 Å². The molecule has 0 radical (unpaired) electrons. The highest BCUT2D eigenvalue weighted by molar-refractivity contribution is 8.00. The number of thioether (sulfide) groups is 1. The Morgan fingerprint density at radius 1 is 1.14 bits per heavy atom. The molecule has 2 heterocycles. The maximum atomic E-state index is 12.8. The third-order valence-electron chi connectivity index (χ3n) is 5.44. The topological polar surface area (TPSA) is 53.9 Å². The lowest BCUT2D eigenvalue weighted by molar-refractivity contribution is -0.906. The van der Waals surface area contributed by atoms with Crippen LogP contribution in [0.3, 0.4) is 0 Å². The lowest BCUT2D eigenvalue weighted by atomic mass is 10.1. The lowest BCUT2D eigenvalue weighted by Gasteiger charge is -2.33. The molecule has 0 aliphatic carbocycles. The Balaban J connectivity index is 1.47. The van der Waals surface area contributed by atoms with Crippen molar-refractivity contribution in [2.24, 2.45) is 0 Å². The molecule has 28 heavy (non-hydrogen) atoms. The molecule has 2 amide bonds. The van der Waals surface area contributed by atoms with E-state index in [1.54, 1.807) is 23.7 Å². The number of fused-ring (bicyclic) bond motifs is 1. The Labute approximate surface area is 170 Å². The first kappa shape index (κ1) is 19.0. The van der Waals surface area contributed by atoms with Crippen molar-refractivity contribution < 1.29 is 14.5 Å². The number of anilines is 1. The number of carbonyl (C=O) groups excluding carboxylic acids is 2. The van der Waals surface area contributed by atoms with Gasteiger partial charge in [-0.15, -0.1) is 0 Å². The highest BCUT2D eigenvalue weighted by Gasteiger charge is 2.36. The van der Waals surface area contributed by atoms with Crippen molar-refractivity contribution in [3.05, 3.63) is 59.7 Å². The fraction of sp³-hybridized carbons (Fsp3) is 0.364. The minimum Gasteiger partial charge on any atom is -0.337 e. The maximum Gasteiger partial charge on any atom is 0.294 e. The Morgan fingerprint density at radius 3 is 2.64 bits per heavy atom. The largest absolute Gasteiger partial charge is 0.337 e. The van der Waals surface area contributed by atoms with Gasteiger partial charge in [0.1, 0.15) is 0 Å². The van der Waals surface area contributed by atoms with Crippen LogP contribution in [0.1, 0.15) is 35.2 Å². The van der Waals surface area contributed by atoms with Crippen LogP contribution in [-0.2, 0) is 11.3 Å².